The van der Waals surface area contributed by atoms with Crippen LogP contribution in [-0.4, -0.2) is 10.5 Å². The molecule has 0 unspecified atom stereocenters. The molecular weight excluding hydrogens is 226 g/mol. The van der Waals surface area contributed by atoms with Crippen molar-refractivity contribution in [2.24, 2.45) is 5.73 Å². The maximum atomic E-state index is 11.7. The Morgan fingerprint density at radius 1 is 1.25 bits per heavy atom. The van der Waals surface area contributed by atoms with E-state index < -0.39 is 5.91 Å². The average molecular weight is 235 g/mol. The number of primary amides is 1. The molecule has 0 saturated carbocycles. The first kappa shape index (κ1) is 10.4. The Morgan fingerprint density at radius 3 is 2.38 bits per heavy atom. The summed E-state index contributed by atoms with van der Waals surface area (Å²) in [5.41, 5.74) is 11.4. The van der Waals surface area contributed by atoms with Gasteiger partial charge in [0.05, 0.1) is 5.69 Å². The molecule has 4 N–H and O–H groups in total. The van der Waals surface area contributed by atoms with Gasteiger partial charge in [-0.1, -0.05) is 29.5 Å². The van der Waals surface area contributed by atoms with Crippen LogP contribution in [0.3, 0.4) is 0 Å². The minimum atomic E-state index is -0.686. The molecule has 6 heteroatoms. The minimum absolute atomic E-state index is 0.0914. The van der Waals surface area contributed by atoms with Crippen molar-refractivity contribution in [1.29, 1.82) is 0 Å². The number of para-hydroxylation sites is 1. The number of nitrogen functional groups attached to an aromatic ring is 1. The van der Waals surface area contributed by atoms with E-state index in [9.17, 15) is 9.59 Å². The maximum Gasteiger partial charge on any atom is 0.314 e. The summed E-state index contributed by atoms with van der Waals surface area (Å²) < 4.78 is 1.27. The number of rotatable bonds is 2. The predicted molar refractivity (Wildman–Crippen MR) is 62.8 cm³/mol. The molecule has 0 atom stereocenters. The Balaban J connectivity index is 2.68. The van der Waals surface area contributed by atoms with E-state index in [2.05, 4.69) is 0 Å². The monoisotopic (exact) mass is 235 g/mol. The zero-order valence-corrected chi connectivity index (χ0v) is 9.03. The quantitative estimate of drug-likeness (QED) is 0.797. The lowest BCUT2D eigenvalue weighted by Gasteiger charge is -2.03. The van der Waals surface area contributed by atoms with Gasteiger partial charge >= 0.3 is 4.87 Å². The molecular formula is C10H9N3O2S. The van der Waals surface area contributed by atoms with E-state index in [-0.39, 0.29) is 15.6 Å². The smallest absolute Gasteiger partial charge is 0.314 e. The van der Waals surface area contributed by atoms with Crippen molar-refractivity contribution in [3.63, 3.8) is 0 Å². The van der Waals surface area contributed by atoms with E-state index in [0.29, 0.717) is 5.69 Å². The van der Waals surface area contributed by atoms with Crippen molar-refractivity contribution in [2.75, 3.05) is 5.73 Å². The van der Waals surface area contributed by atoms with Crippen LogP contribution >= 0.6 is 11.3 Å². The first-order valence-corrected chi connectivity index (χ1v) is 5.29. The van der Waals surface area contributed by atoms with E-state index in [0.717, 1.165) is 11.3 Å². The number of carbonyl (C=O) groups excluding carboxylic acids is 1. The molecule has 0 bridgehead atoms. The summed E-state index contributed by atoms with van der Waals surface area (Å²) in [6.45, 7) is 0. The van der Waals surface area contributed by atoms with Gasteiger partial charge in [0.25, 0.3) is 5.91 Å². The summed E-state index contributed by atoms with van der Waals surface area (Å²) in [4.78, 5) is 22.4. The number of carbonyl (C=O) groups is 1. The fourth-order valence-electron chi connectivity index (χ4n) is 1.38. The van der Waals surface area contributed by atoms with E-state index in [4.69, 9.17) is 11.5 Å². The number of hydrogen-bond acceptors (Lipinski definition) is 4. The third-order valence-corrected chi connectivity index (χ3v) is 3.06. The highest BCUT2D eigenvalue weighted by atomic mass is 32.1. The average Bonchev–Trinajstić information content (AvgIpc) is 2.56. The second kappa shape index (κ2) is 3.82. The standard InChI is InChI=1S/C10H9N3O2S/c11-8-7(9(12)14)16-10(15)13(8)6-4-2-1-3-5-6/h1-5H,11H2,(H2,12,14). The number of hydrogen-bond donors (Lipinski definition) is 2. The van der Waals surface area contributed by atoms with Crippen molar-refractivity contribution >= 4 is 23.1 Å². The molecule has 16 heavy (non-hydrogen) atoms. The van der Waals surface area contributed by atoms with Crippen molar-refractivity contribution in [3.05, 3.63) is 44.9 Å². The van der Waals surface area contributed by atoms with E-state index in [1.54, 1.807) is 24.3 Å². The molecule has 2 rings (SSSR count). The minimum Gasteiger partial charge on any atom is -0.383 e. The zero-order valence-electron chi connectivity index (χ0n) is 8.21. The number of thiazole rings is 1. The topological polar surface area (TPSA) is 91.1 Å². The van der Waals surface area contributed by atoms with Gasteiger partial charge < -0.3 is 11.5 Å². The summed E-state index contributed by atoms with van der Waals surface area (Å²) >= 11 is 0.752. The number of aromatic nitrogens is 1. The Kier molecular flexibility index (Phi) is 2.49. The third-order valence-electron chi connectivity index (χ3n) is 2.08. The predicted octanol–water partition coefficient (Wildman–Crippen LogP) is 0.580. The molecule has 1 aromatic heterocycles. The Labute approximate surface area is 94.9 Å². The molecule has 1 heterocycles. The van der Waals surface area contributed by atoms with Crippen LogP contribution in [0.15, 0.2) is 35.1 Å². The normalized spacial score (nSPS) is 10.2. The fourth-order valence-corrected chi connectivity index (χ4v) is 2.15. The van der Waals surface area contributed by atoms with Crippen LogP contribution in [0, 0.1) is 0 Å². The first-order valence-electron chi connectivity index (χ1n) is 4.48. The molecule has 0 saturated heterocycles. The van der Waals surface area contributed by atoms with Crippen LogP contribution < -0.4 is 16.3 Å². The lowest BCUT2D eigenvalue weighted by atomic mass is 10.3. The Bertz CT molecular complexity index is 586. The third kappa shape index (κ3) is 1.59. The van der Waals surface area contributed by atoms with Gasteiger partial charge in [-0.15, -0.1) is 0 Å². The van der Waals surface area contributed by atoms with Crippen LogP contribution in [0.4, 0.5) is 5.82 Å². The lowest BCUT2D eigenvalue weighted by molar-refractivity contribution is 0.100. The summed E-state index contributed by atoms with van der Waals surface area (Å²) in [5, 5.41) is 0. The number of benzene rings is 1. The maximum absolute atomic E-state index is 11.7. The highest BCUT2D eigenvalue weighted by Crippen LogP contribution is 2.18. The summed E-state index contributed by atoms with van der Waals surface area (Å²) in [6.07, 6.45) is 0. The first-order chi connectivity index (χ1) is 7.61. The number of amides is 1. The largest absolute Gasteiger partial charge is 0.383 e. The second-order valence-electron chi connectivity index (χ2n) is 3.12. The molecule has 2 aromatic rings. The second-order valence-corrected chi connectivity index (χ2v) is 4.08. The molecule has 1 amide bonds. The lowest BCUT2D eigenvalue weighted by Crippen LogP contribution is -2.15. The van der Waals surface area contributed by atoms with Crippen LogP contribution in [0.5, 0.6) is 0 Å². The molecule has 0 aliphatic carbocycles. The zero-order chi connectivity index (χ0) is 11.7. The number of nitrogens with two attached hydrogens (primary N) is 2. The summed E-state index contributed by atoms with van der Waals surface area (Å²) in [6, 6.07) is 8.85. The highest BCUT2D eigenvalue weighted by Gasteiger charge is 2.16. The molecule has 5 nitrogen and oxygen atoms in total. The number of nitrogens with zero attached hydrogens (tertiary/aromatic N) is 1. The Morgan fingerprint density at radius 2 is 1.88 bits per heavy atom. The van der Waals surface area contributed by atoms with Crippen molar-refractivity contribution < 1.29 is 4.79 Å². The molecule has 0 aliphatic heterocycles. The summed E-state index contributed by atoms with van der Waals surface area (Å²) in [5.74, 6) is -0.594. The van der Waals surface area contributed by atoms with Gasteiger partial charge in [-0.3, -0.25) is 14.2 Å². The van der Waals surface area contributed by atoms with Crippen LogP contribution in [0.25, 0.3) is 5.69 Å². The van der Waals surface area contributed by atoms with Crippen molar-refractivity contribution in [3.8, 4) is 5.69 Å². The molecule has 0 fully saturated rings. The van der Waals surface area contributed by atoms with Crippen molar-refractivity contribution in [2.45, 2.75) is 0 Å². The van der Waals surface area contributed by atoms with Gasteiger partial charge in [0.2, 0.25) is 0 Å². The van der Waals surface area contributed by atoms with Crippen LogP contribution in [0.2, 0.25) is 0 Å². The number of anilines is 1. The van der Waals surface area contributed by atoms with Gasteiger partial charge in [-0.25, -0.2) is 0 Å². The van der Waals surface area contributed by atoms with Gasteiger partial charge in [0.15, 0.2) is 0 Å². The fraction of sp³-hybridized carbons (Fsp3) is 0. The summed E-state index contributed by atoms with van der Waals surface area (Å²) in [7, 11) is 0. The van der Waals surface area contributed by atoms with Crippen LogP contribution in [0.1, 0.15) is 9.67 Å². The molecule has 0 radical (unpaired) electrons. The van der Waals surface area contributed by atoms with Gasteiger partial charge in [0, 0.05) is 0 Å². The highest BCUT2D eigenvalue weighted by molar-refractivity contribution is 7.12. The van der Waals surface area contributed by atoms with E-state index >= 15 is 0 Å². The molecule has 82 valence electrons. The van der Waals surface area contributed by atoms with E-state index in [1.165, 1.54) is 4.57 Å². The van der Waals surface area contributed by atoms with Crippen LogP contribution in [-0.2, 0) is 0 Å². The Hall–Kier alpha value is -2.08. The van der Waals surface area contributed by atoms with E-state index in [1.807, 2.05) is 6.07 Å². The van der Waals surface area contributed by atoms with Gasteiger partial charge in [-0.2, -0.15) is 0 Å². The molecule has 1 aromatic carbocycles. The van der Waals surface area contributed by atoms with Gasteiger partial charge in [0.1, 0.15) is 10.7 Å². The van der Waals surface area contributed by atoms with Gasteiger partial charge in [-0.05, 0) is 12.1 Å². The molecule has 0 spiro atoms. The SMILES string of the molecule is NC(=O)c1sc(=O)n(-c2ccccc2)c1N. The molecule has 0 aliphatic rings. The van der Waals surface area contributed by atoms with Crippen molar-refractivity contribution in [1.82, 2.24) is 4.57 Å².